The first-order valence-corrected chi connectivity index (χ1v) is 6.56. The van der Waals surface area contributed by atoms with Gasteiger partial charge in [-0.3, -0.25) is 15.3 Å². The lowest BCUT2D eigenvalue weighted by Crippen LogP contribution is -1.91. The molecule has 0 saturated heterocycles. The van der Waals surface area contributed by atoms with Crippen LogP contribution in [-0.2, 0) is 0 Å². The summed E-state index contributed by atoms with van der Waals surface area (Å²) in [6.07, 6.45) is 5.24. The molecule has 102 valence electrons. The van der Waals surface area contributed by atoms with Crippen LogP contribution in [-0.4, -0.2) is 30.6 Å². The minimum absolute atomic E-state index is 0.949. The lowest BCUT2D eigenvalue weighted by molar-refractivity contribution is 1.08. The highest BCUT2D eigenvalue weighted by atomic mass is 15.1. The molecule has 0 unspecified atom stereocenters. The fourth-order valence-electron chi connectivity index (χ4n) is 2.50. The van der Waals surface area contributed by atoms with Crippen molar-refractivity contribution in [2.24, 2.45) is 0 Å². The Labute approximate surface area is 120 Å². The molecule has 0 radical (unpaired) electrons. The molecule has 0 spiro atoms. The van der Waals surface area contributed by atoms with Crippen molar-refractivity contribution in [1.82, 2.24) is 30.6 Å². The highest BCUT2D eigenvalue weighted by molar-refractivity contribution is 5.91. The van der Waals surface area contributed by atoms with E-state index in [1.165, 1.54) is 0 Å². The van der Waals surface area contributed by atoms with E-state index >= 15 is 0 Å². The van der Waals surface area contributed by atoms with Gasteiger partial charge in [0.05, 0.1) is 17.1 Å². The zero-order valence-corrected chi connectivity index (χ0v) is 11.0. The summed E-state index contributed by atoms with van der Waals surface area (Å²) in [5.41, 5.74) is 6.04. The summed E-state index contributed by atoms with van der Waals surface area (Å²) in [5.74, 6) is 0. The predicted octanol–water partition coefficient (Wildman–Crippen LogP) is 2.86. The molecule has 0 aliphatic rings. The number of nitrogens with one attached hydrogen (secondary N) is 3. The van der Waals surface area contributed by atoms with Crippen LogP contribution in [0.25, 0.3) is 33.8 Å². The Balaban J connectivity index is 2.03. The van der Waals surface area contributed by atoms with Crippen molar-refractivity contribution < 1.29 is 0 Å². The first-order valence-electron chi connectivity index (χ1n) is 6.56. The molecule has 0 atom stereocenters. The van der Waals surface area contributed by atoms with Crippen LogP contribution in [0.2, 0.25) is 0 Å². The molecule has 6 heteroatoms. The number of nitrogens with zero attached hydrogens (tertiary/aromatic N) is 3. The molecule has 21 heavy (non-hydrogen) atoms. The van der Waals surface area contributed by atoms with Gasteiger partial charge in [0.2, 0.25) is 0 Å². The summed E-state index contributed by atoms with van der Waals surface area (Å²) in [6, 6.07) is 12.0. The van der Waals surface area contributed by atoms with Crippen molar-refractivity contribution in [3.05, 3.63) is 55.0 Å². The van der Waals surface area contributed by atoms with Crippen LogP contribution in [0.5, 0.6) is 0 Å². The largest absolute Gasteiger partial charge is 0.278 e. The van der Waals surface area contributed by atoms with Gasteiger partial charge in [-0.25, -0.2) is 0 Å². The number of hydrogen-bond donors (Lipinski definition) is 3. The van der Waals surface area contributed by atoms with Crippen LogP contribution in [0.1, 0.15) is 0 Å². The van der Waals surface area contributed by atoms with E-state index in [0.29, 0.717) is 0 Å². The zero-order valence-electron chi connectivity index (χ0n) is 11.0. The van der Waals surface area contributed by atoms with Crippen molar-refractivity contribution in [2.45, 2.75) is 0 Å². The van der Waals surface area contributed by atoms with Crippen LogP contribution in [0.3, 0.4) is 0 Å². The number of benzene rings is 1. The van der Waals surface area contributed by atoms with Gasteiger partial charge in [-0.15, -0.1) is 0 Å². The molecule has 3 N–H and O–H groups in total. The second-order valence-corrected chi connectivity index (χ2v) is 4.64. The smallest absolute Gasteiger partial charge is 0.0663 e. The van der Waals surface area contributed by atoms with E-state index in [9.17, 15) is 0 Å². The van der Waals surface area contributed by atoms with Gasteiger partial charge in [0, 0.05) is 35.3 Å². The lowest BCUT2D eigenvalue weighted by atomic mass is 9.94. The normalized spacial score (nSPS) is 10.9. The third kappa shape index (κ3) is 1.93. The van der Waals surface area contributed by atoms with E-state index in [1.54, 1.807) is 18.6 Å². The van der Waals surface area contributed by atoms with E-state index in [4.69, 9.17) is 0 Å². The van der Waals surface area contributed by atoms with Crippen LogP contribution >= 0.6 is 0 Å². The Morgan fingerprint density at radius 2 is 1.05 bits per heavy atom. The molecule has 0 aliphatic heterocycles. The summed E-state index contributed by atoms with van der Waals surface area (Å²) in [5, 5.41) is 21.2. The average molecular weight is 276 g/mol. The highest BCUT2D eigenvalue weighted by Gasteiger charge is 2.16. The monoisotopic (exact) mass is 276 g/mol. The van der Waals surface area contributed by atoms with E-state index in [2.05, 4.69) is 42.7 Å². The minimum atomic E-state index is 0.949. The van der Waals surface area contributed by atoms with Crippen LogP contribution in [0.15, 0.2) is 55.0 Å². The maximum Gasteiger partial charge on any atom is 0.0663 e. The number of rotatable bonds is 3. The fourth-order valence-corrected chi connectivity index (χ4v) is 2.50. The zero-order chi connectivity index (χ0) is 14.1. The fraction of sp³-hybridized carbons (Fsp3) is 0. The third-order valence-corrected chi connectivity index (χ3v) is 3.42. The molecule has 3 aromatic heterocycles. The van der Waals surface area contributed by atoms with Gasteiger partial charge in [0.1, 0.15) is 0 Å². The van der Waals surface area contributed by atoms with Gasteiger partial charge >= 0.3 is 0 Å². The molecule has 3 heterocycles. The van der Waals surface area contributed by atoms with Crippen molar-refractivity contribution in [3.63, 3.8) is 0 Å². The molecule has 6 nitrogen and oxygen atoms in total. The summed E-state index contributed by atoms with van der Waals surface area (Å²) < 4.78 is 0. The summed E-state index contributed by atoms with van der Waals surface area (Å²) in [4.78, 5) is 0. The number of aromatic amines is 3. The third-order valence-electron chi connectivity index (χ3n) is 3.42. The molecule has 4 rings (SSSR count). The van der Waals surface area contributed by atoms with Crippen LogP contribution < -0.4 is 0 Å². The Morgan fingerprint density at radius 1 is 0.571 bits per heavy atom. The van der Waals surface area contributed by atoms with Crippen molar-refractivity contribution >= 4 is 0 Å². The average Bonchev–Trinajstić information content (AvgIpc) is 3.28. The van der Waals surface area contributed by atoms with Gasteiger partial charge in [0.15, 0.2) is 0 Å². The van der Waals surface area contributed by atoms with Crippen molar-refractivity contribution in [1.29, 1.82) is 0 Å². The lowest BCUT2D eigenvalue weighted by Gasteiger charge is -2.11. The second-order valence-electron chi connectivity index (χ2n) is 4.64. The standard InChI is InChI=1S/C15H12N6/c1-2-10(12-4-7-16-19-12)15(14-6-9-18-21-14)11(3-1)13-5-8-17-20-13/h1-9H,(H,16,19)(H,17,20)(H,18,21). The first-order chi connectivity index (χ1) is 10.4. The van der Waals surface area contributed by atoms with E-state index in [0.717, 1.165) is 33.8 Å². The summed E-state index contributed by atoms with van der Waals surface area (Å²) in [6.45, 7) is 0. The Kier molecular flexibility index (Phi) is 2.64. The molecule has 0 fully saturated rings. The summed E-state index contributed by atoms with van der Waals surface area (Å²) >= 11 is 0. The molecular formula is C15H12N6. The van der Waals surface area contributed by atoms with Gasteiger partial charge < -0.3 is 0 Å². The predicted molar refractivity (Wildman–Crippen MR) is 79.2 cm³/mol. The van der Waals surface area contributed by atoms with Crippen molar-refractivity contribution in [2.75, 3.05) is 0 Å². The number of aromatic nitrogens is 6. The maximum absolute atomic E-state index is 4.07. The second kappa shape index (κ2) is 4.75. The molecule has 4 aromatic rings. The van der Waals surface area contributed by atoms with E-state index in [1.807, 2.05) is 24.3 Å². The SMILES string of the molecule is c1cc(-c2ccn[nH]2)c(-c2ccn[nH]2)c(-c2ccn[nH]2)c1. The summed E-state index contributed by atoms with van der Waals surface area (Å²) in [7, 11) is 0. The number of H-pyrrole nitrogens is 3. The Bertz CT molecular complexity index is 776. The van der Waals surface area contributed by atoms with Crippen LogP contribution in [0.4, 0.5) is 0 Å². The van der Waals surface area contributed by atoms with E-state index in [-0.39, 0.29) is 0 Å². The number of hydrogen-bond acceptors (Lipinski definition) is 3. The molecule has 0 bridgehead atoms. The molecule has 0 amide bonds. The van der Waals surface area contributed by atoms with Gasteiger partial charge in [-0.2, -0.15) is 15.3 Å². The quantitative estimate of drug-likeness (QED) is 0.537. The van der Waals surface area contributed by atoms with Crippen LogP contribution in [0, 0.1) is 0 Å². The maximum atomic E-state index is 4.07. The first kappa shape index (κ1) is 11.7. The molecule has 0 aliphatic carbocycles. The van der Waals surface area contributed by atoms with Gasteiger partial charge in [0.25, 0.3) is 0 Å². The topological polar surface area (TPSA) is 86.0 Å². The molecular weight excluding hydrogens is 264 g/mol. The molecule has 1 aromatic carbocycles. The Morgan fingerprint density at radius 3 is 1.48 bits per heavy atom. The Hall–Kier alpha value is -3.15. The highest BCUT2D eigenvalue weighted by Crippen LogP contribution is 2.37. The minimum Gasteiger partial charge on any atom is -0.278 e. The van der Waals surface area contributed by atoms with Gasteiger partial charge in [-0.1, -0.05) is 18.2 Å². The van der Waals surface area contributed by atoms with Gasteiger partial charge in [-0.05, 0) is 18.2 Å². The van der Waals surface area contributed by atoms with Crippen molar-refractivity contribution in [3.8, 4) is 33.8 Å². The van der Waals surface area contributed by atoms with E-state index < -0.39 is 0 Å². The molecule has 0 saturated carbocycles.